The third-order valence-corrected chi connectivity index (χ3v) is 5.89. The van der Waals surface area contributed by atoms with Crippen molar-refractivity contribution in [3.8, 4) is 0 Å². The van der Waals surface area contributed by atoms with Crippen LogP contribution in [0.5, 0.6) is 0 Å². The van der Waals surface area contributed by atoms with Crippen molar-refractivity contribution in [2.75, 3.05) is 13.1 Å². The van der Waals surface area contributed by atoms with Crippen LogP contribution in [0, 0.1) is 12.3 Å². The van der Waals surface area contributed by atoms with E-state index in [4.69, 9.17) is 4.42 Å². The second kappa shape index (κ2) is 5.80. The van der Waals surface area contributed by atoms with Gasteiger partial charge in [-0.2, -0.15) is 11.3 Å². The zero-order chi connectivity index (χ0) is 15.0. The number of aromatic nitrogens is 1. The third kappa shape index (κ3) is 2.85. The van der Waals surface area contributed by atoms with Crippen molar-refractivity contribution in [3.05, 3.63) is 40.2 Å². The molecule has 118 valence electrons. The largest absolute Gasteiger partial charge is 0.445 e. The summed E-state index contributed by atoms with van der Waals surface area (Å²) >= 11 is 1.78. The van der Waals surface area contributed by atoms with Crippen LogP contribution in [0.4, 0.5) is 0 Å². The van der Waals surface area contributed by atoms with Crippen molar-refractivity contribution in [1.29, 1.82) is 0 Å². The van der Waals surface area contributed by atoms with Gasteiger partial charge in [0, 0.05) is 12.6 Å². The minimum atomic E-state index is 0.545. The molecule has 1 saturated carbocycles. The Balaban J connectivity index is 1.50. The van der Waals surface area contributed by atoms with E-state index in [-0.39, 0.29) is 0 Å². The summed E-state index contributed by atoms with van der Waals surface area (Å²) in [6.07, 6.45) is 5.77. The van der Waals surface area contributed by atoms with Crippen molar-refractivity contribution in [2.24, 2.45) is 5.41 Å². The van der Waals surface area contributed by atoms with Crippen LogP contribution in [0.15, 0.2) is 27.4 Å². The fourth-order valence-electron chi connectivity index (χ4n) is 3.85. The van der Waals surface area contributed by atoms with Crippen molar-refractivity contribution in [1.82, 2.24) is 15.2 Å². The van der Waals surface area contributed by atoms with Crippen LogP contribution >= 0.6 is 11.3 Å². The Morgan fingerprint density at radius 3 is 2.95 bits per heavy atom. The van der Waals surface area contributed by atoms with Crippen LogP contribution in [-0.2, 0) is 13.1 Å². The summed E-state index contributed by atoms with van der Waals surface area (Å²) in [6, 6.07) is 2.91. The van der Waals surface area contributed by atoms with Gasteiger partial charge in [0.05, 0.1) is 12.7 Å². The SMILES string of the molecule is Cc1cnc(CN(Cc2ccsc2)[C@H]2CC23CCNCC3)o1. The van der Waals surface area contributed by atoms with E-state index in [2.05, 4.69) is 32.0 Å². The van der Waals surface area contributed by atoms with Gasteiger partial charge >= 0.3 is 0 Å². The molecule has 1 saturated heterocycles. The van der Waals surface area contributed by atoms with E-state index in [1.807, 2.05) is 13.1 Å². The number of thiophene rings is 1. The van der Waals surface area contributed by atoms with E-state index in [1.165, 1.54) is 37.9 Å². The molecule has 1 atom stereocenters. The molecule has 4 rings (SSSR count). The summed E-state index contributed by atoms with van der Waals surface area (Å²) in [5, 5.41) is 7.91. The molecule has 2 fully saturated rings. The molecule has 0 aromatic carbocycles. The highest BCUT2D eigenvalue weighted by molar-refractivity contribution is 7.07. The molecule has 3 heterocycles. The number of piperidine rings is 1. The Morgan fingerprint density at radius 2 is 2.27 bits per heavy atom. The summed E-state index contributed by atoms with van der Waals surface area (Å²) in [5.74, 6) is 1.75. The second-order valence-electron chi connectivity index (χ2n) is 6.73. The monoisotopic (exact) mass is 317 g/mol. The first-order valence-electron chi connectivity index (χ1n) is 8.12. The maximum absolute atomic E-state index is 5.72. The zero-order valence-corrected chi connectivity index (χ0v) is 13.9. The molecule has 0 amide bonds. The standard InChI is InChI=1S/C17H23N3OS/c1-13-9-19-16(21-13)11-20(10-14-2-7-22-12-14)15-8-17(15)3-5-18-6-4-17/h2,7,9,12,15,18H,3-6,8,10-11H2,1H3/t15-/m0/s1. The maximum Gasteiger partial charge on any atom is 0.208 e. The van der Waals surface area contributed by atoms with Crippen molar-refractivity contribution in [3.63, 3.8) is 0 Å². The van der Waals surface area contributed by atoms with Crippen LogP contribution in [0.1, 0.15) is 36.5 Å². The highest BCUT2D eigenvalue weighted by Crippen LogP contribution is 2.56. The summed E-state index contributed by atoms with van der Waals surface area (Å²) in [4.78, 5) is 6.99. The number of hydrogen-bond donors (Lipinski definition) is 1. The first-order chi connectivity index (χ1) is 10.8. The van der Waals surface area contributed by atoms with E-state index < -0.39 is 0 Å². The molecule has 22 heavy (non-hydrogen) atoms. The van der Waals surface area contributed by atoms with Crippen LogP contribution in [0.2, 0.25) is 0 Å². The molecule has 0 bridgehead atoms. The Kier molecular flexibility index (Phi) is 3.80. The molecule has 5 heteroatoms. The van der Waals surface area contributed by atoms with Crippen molar-refractivity contribution in [2.45, 2.75) is 45.3 Å². The number of oxazole rings is 1. The lowest BCUT2D eigenvalue weighted by atomic mass is 9.93. The summed E-state index contributed by atoms with van der Waals surface area (Å²) in [5.41, 5.74) is 1.95. The molecule has 0 radical (unpaired) electrons. The number of nitrogens with one attached hydrogen (secondary N) is 1. The number of nitrogens with zero attached hydrogens (tertiary/aromatic N) is 2. The first-order valence-corrected chi connectivity index (χ1v) is 9.07. The van der Waals surface area contributed by atoms with E-state index in [0.717, 1.165) is 24.7 Å². The number of hydrogen-bond acceptors (Lipinski definition) is 5. The molecule has 4 nitrogen and oxygen atoms in total. The molecule has 1 aliphatic heterocycles. The van der Waals surface area contributed by atoms with E-state index in [9.17, 15) is 0 Å². The third-order valence-electron chi connectivity index (χ3n) is 5.16. The highest BCUT2D eigenvalue weighted by Gasteiger charge is 2.56. The summed E-state index contributed by atoms with van der Waals surface area (Å²) in [6.45, 7) is 6.13. The van der Waals surface area contributed by atoms with Gasteiger partial charge in [-0.05, 0) is 67.1 Å². The topological polar surface area (TPSA) is 41.3 Å². The van der Waals surface area contributed by atoms with Crippen LogP contribution in [0.25, 0.3) is 0 Å². The summed E-state index contributed by atoms with van der Waals surface area (Å²) < 4.78 is 5.72. The molecular formula is C17H23N3OS. The first kappa shape index (κ1) is 14.4. The van der Waals surface area contributed by atoms with Gasteiger partial charge in [-0.25, -0.2) is 4.98 Å². The average molecular weight is 317 g/mol. The van der Waals surface area contributed by atoms with Crippen LogP contribution < -0.4 is 5.32 Å². The van der Waals surface area contributed by atoms with Crippen molar-refractivity contribution < 1.29 is 4.42 Å². The van der Waals surface area contributed by atoms with Crippen LogP contribution in [-0.4, -0.2) is 29.0 Å². The van der Waals surface area contributed by atoms with Crippen molar-refractivity contribution >= 4 is 11.3 Å². The number of aryl methyl sites for hydroxylation is 1. The predicted octanol–water partition coefficient (Wildman–Crippen LogP) is 3.19. The lowest BCUT2D eigenvalue weighted by Crippen LogP contribution is -2.35. The molecule has 1 spiro atoms. The molecule has 2 aromatic rings. The van der Waals surface area contributed by atoms with Gasteiger partial charge < -0.3 is 9.73 Å². The second-order valence-corrected chi connectivity index (χ2v) is 7.51. The smallest absolute Gasteiger partial charge is 0.208 e. The molecule has 2 aliphatic rings. The van der Waals surface area contributed by atoms with Gasteiger partial charge in [0.2, 0.25) is 5.89 Å². The molecule has 1 N–H and O–H groups in total. The quantitative estimate of drug-likeness (QED) is 0.919. The molecule has 1 aliphatic carbocycles. The van der Waals surface area contributed by atoms with Gasteiger partial charge in [-0.1, -0.05) is 0 Å². The minimum absolute atomic E-state index is 0.545. The minimum Gasteiger partial charge on any atom is -0.445 e. The maximum atomic E-state index is 5.72. The van der Waals surface area contributed by atoms with Gasteiger partial charge in [-0.3, -0.25) is 4.90 Å². The Hall–Kier alpha value is -1.17. The summed E-state index contributed by atoms with van der Waals surface area (Å²) in [7, 11) is 0. The zero-order valence-electron chi connectivity index (χ0n) is 13.0. The molecule has 2 aromatic heterocycles. The van der Waals surface area contributed by atoms with Gasteiger partial charge in [-0.15, -0.1) is 0 Å². The van der Waals surface area contributed by atoms with Gasteiger partial charge in [0.25, 0.3) is 0 Å². The van der Waals surface area contributed by atoms with Crippen LogP contribution in [0.3, 0.4) is 0 Å². The fraction of sp³-hybridized carbons (Fsp3) is 0.588. The lowest BCUT2D eigenvalue weighted by Gasteiger charge is -2.28. The van der Waals surface area contributed by atoms with E-state index in [0.29, 0.717) is 11.5 Å². The Bertz CT molecular complexity index is 616. The highest BCUT2D eigenvalue weighted by atomic mass is 32.1. The van der Waals surface area contributed by atoms with Gasteiger partial charge in [0.1, 0.15) is 5.76 Å². The van der Waals surface area contributed by atoms with Gasteiger partial charge in [0.15, 0.2) is 0 Å². The lowest BCUT2D eigenvalue weighted by molar-refractivity contribution is 0.173. The van der Waals surface area contributed by atoms with E-state index >= 15 is 0 Å². The normalized spacial score (nSPS) is 23.3. The average Bonchev–Trinajstić information content (AvgIpc) is 2.90. The molecule has 0 unspecified atom stereocenters. The molecular weight excluding hydrogens is 294 g/mol. The Labute approximate surface area is 135 Å². The predicted molar refractivity (Wildman–Crippen MR) is 87.7 cm³/mol. The Morgan fingerprint density at radius 1 is 1.41 bits per heavy atom. The fourth-order valence-corrected chi connectivity index (χ4v) is 4.51. The van der Waals surface area contributed by atoms with E-state index in [1.54, 1.807) is 11.3 Å². The number of rotatable bonds is 5.